The zero-order chi connectivity index (χ0) is 24.6. The zero-order valence-electron chi connectivity index (χ0n) is 19.3. The molecule has 3 aromatic heterocycles. The number of anilines is 2. The van der Waals surface area contributed by atoms with Gasteiger partial charge in [-0.25, -0.2) is 15.0 Å². The summed E-state index contributed by atoms with van der Waals surface area (Å²) < 4.78 is 3.10. The highest BCUT2D eigenvalue weighted by Gasteiger charge is 2.22. The van der Waals surface area contributed by atoms with Gasteiger partial charge in [-0.05, 0) is 44.0 Å². The molecular formula is C24H24N8O2. The first-order valence-electron chi connectivity index (χ1n) is 10.7. The Morgan fingerprint density at radius 3 is 2.56 bits per heavy atom. The fraction of sp³-hybridized carbons (Fsp3) is 0.250. The zero-order valence-corrected chi connectivity index (χ0v) is 19.3. The van der Waals surface area contributed by atoms with Crippen LogP contribution in [-0.2, 0) is 7.05 Å². The maximum absolute atomic E-state index is 13.8. The highest BCUT2D eigenvalue weighted by atomic mass is 16.1. The summed E-state index contributed by atoms with van der Waals surface area (Å²) in [7, 11) is 1.67. The van der Waals surface area contributed by atoms with Crippen molar-refractivity contribution in [3.05, 3.63) is 75.0 Å². The van der Waals surface area contributed by atoms with Gasteiger partial charge in [-0.2, -0.15) is 5.26 Å². The maximum atomic E-state index is 13.8. The van der Waals surface area contributed by atoms with Crippen molar-refractivity contribution in [2.75, 3.05) is 11.1 Å². The minimum atomic E-state index is -0.470. The highest BCUT2D eigenvalue weighted by molar-refractivity contribution is 5.93. The van der Waals surface area contributed by atoms with E-state index in [1.54, 1.807) is 29.9 Å². The van der Waals surface area contributed by atoms with Gasteiger partial charge in [-0.15, -0.1) is 0 Å². The van der Waals surface area contributed by atoms with Crippen LogP contribution in [0.3, 0.4) is 0 Å². The molecule has 3 heterocycles. The molecule has 0 aliphatic rings. The second kappa shape index (κ2) is 8.78. The van der Waals surface area contributed by atoms with Gasteiger partial charge >= 0.3 is 0 Å². The Bertz CT molecular complexity index is 1560. The molecule has 10 nitrogen and oxygen atoms in total. The van der Waals surface area contributed by atoms with Crippen molar-refractivity contribution in [2.24, 2.45) is 7.05 Å². The molecule has 0 amide bonds. The lowest BCUT2D eigenvalue weighted by molar-refractivity contribution is 0.525. The van der Waals surface area contributed by atoms with Gasteiger partial charge < -0.3 is 15.6 Å². The number of hydrogen-bond acceptors (Lipinski definition) is 8. The van der Waals surface area contributed by atoms with Gasteiger partial charge in [-0.3, -0.25) is 14.2 Å². The molecular weight excluding hydrogens is 432 g/mol. The lowest BCUT2D eigenvalue weighted by atomic mass is 10.0. The Hall–Kier alpha value is -4.52. The molecule has 4 rings (SSSR count). The summed E-state index contributed by atoms with van der Waals surface area (Å²) in [6.45, 7) is 5.65. The Labute approximate surface area is 195 Å². The molecule has 0 aliphatic heterocycles. The lowest BCUT2D eigenvalue weighted by Crippen LogP contribution is -2.30. The van der Waals surface area contributed by atoms with Crippen LogP contribution in [0.4, 0.5) is 11.6 Å². The predicted molar refractivity (Wildman–Crippen MR) is 130 cm³/mol. The van der Waals surface area contributed by atoms with Crippen LogP contribution in [0, 0.1) is 11.3 Å². The summed E-state index contributed by atoms with van der Waals surface area (Å²) in [5.41, 5.74) is 7.58. The van der Waals surface area contributed by atoms with E-state index in [-0.39, 0.29) is 34.4 Å². The second-order valence-corrected chi connectivity index (χ2v) is 8.27. The summed E-state index contributed by atoms with van der Waals surface area (Å²) in [6.07, 6.45) is 2.98. The molecule has 0 radical (unpaired) electrons. The van der Waals surface area contributed by atoms with Crippen LogP contribution in [0.15, 0.2) is 52.4 Å². The Morgan fingerprint density at radius 1 is 1.12 bits per heavy atom. The first-order chi connectivity index (χ1) is 16.2. The monoisotopic (exact) mass is 456 g/mol. The number of aromatic nitrogens is 5. The topological polar surface area (TPSA) is 145 Å². The number of hydrogen-bond donors (Lipinski definition) is 2. The Morgan fingerprint density at radius 2 is 1.88 bits per heavy atom. The van der Waals surface area contributed by atoms with E-state index in [1.807, 2.05) is 39.0 Å². The number of benzene rings is 1. The first kappa shape index (κ1) is 22.7. The molecule has 3 N–H and O–H groups in total. The molecule has 34 heavy (non-hydrogen) atoms. The maximum Gasteiger partial charge on any atom is 0.262 e. The van der Waals surface area contributed by atoms with Crippen LogP contribution in [0.2, 0.25) is 0 Å². The van der Waals surface area contributed by atoms with E-state index in [4.69, 9.17) is 10.7 Å². The average Bonchev–Trinajstić information content (AvgIpc) is 2.80. The minimum Gasteiger partial charge on any atom is -0.382 e. The van der Waals surface area contributed by atoms with Crippen molar-refractivity contribution >= 4 is 22.5 Å². The number of fused-ring (bicyclic) bond motifs is 1. The van der Waals surface area contributed by atoms with Crippen molar-refractivity contribution in [3.63, 3.8) is 0 Å². The third-order valence-electron chi connectivity index (χ3n) is 5.60. The standard InChI is InChI=1S/C24H24N8O2/c1-13(2)32-23(14(3)29-22-17(10-25)21(26)27-12-28-22)30-18-7-5-6-16(20(18)24(32)34)15-8-9-19(33)31(4)11-15/h5-9,11-14H,1-4H3,(H3,26,27,28,29)/t14-/m0/s1. The van der Waals surface area contributed by atoms with Gasteiger partial charge in [0.25, 0.3) is 5.56 Å². The van der Waals surface area contributed by atoms with Gasteiger partial charge in [0, 0.05) is 25.4 Å². The molecule has 10 heteroatoms. The number of nitrogen functional groups attached to an aromatic ring is 1. The van der Waals surface area contributed by atoms with E-state index >= 15 is 0 Å². The van der Waals surface area contributed by atoms with E-state index in [2.05, 4.69) is 15.3 Å². The van der Waals surface area contributed by atoms with Gasteiger partial charge in [0.05, 0.1) is 16.9 Å². The Kier molecular flexibility index (Phi) is 5.86. The number of nitrogens with two attached hydrogens (primary N) is 1. The van der Waals surface area contributed by atoms with Crippen molar-refractivity contribution in [2.45, 2.75) is 32.9 Å². The fourth-order valence-corrected chi connectivity index (χ4v) is 3.95. The summed E-state index contributed by atoms with van der Waals surface area (Å²) >= 11 is 0. The van der Waals surface area contributed by atoms with E-state index in [1.165, 1.54) is 17.0 Å². The van der Waals surface area contributed by atoms with Crippen molar-refractivity contribution < 1.29 is 0 Å². The molecule has 172 valence electrons. The SMILES string of the molecule is CC(C)n1c([C@H](C)Nc2ncnc(N)c2C#N)nc2cccc(-c3ccc(=O)n(C)c3)c2c1=O. The molecule has 0 bridgehead atoms. The van der Waals surface area contributed by atoms with Crippen LogP contribution < -0.4 is 22.2 Å². The molecule has 1 atom stereocenters. The third-order valence-corrected chi connectivity index (χ3v) is 5.60. The third kappa shape index (κ3) is 3.88. The van der Waals surface area contributed by atoms with Crippen molar-refractivity contribution in [1.82, 2.24) is 24.1 Å². The largest absolute Gasteiger partial charge is 0.382 e. The van der Waals surface area contributed by atoms with Crippen LogP contribution in [0.5, 0.6) is 0 Å². The molecule has 0 unspecified atom stereocenters. The smallest absolute Gasteiger partial charge is 0.262 e. The molecule has 0 saturated carbocycles. The molecule has 0 saturated heterocycles. The molecule has 0 fully saturated rings. The number of pyridine rings is 1. The van der Waals surface area contributed by atoms with Crippen molar-refractivity contribution in [3.8, 4) is 17.2 Å². The molecule has 0 aliphatic carbocycles. The van der Waals surface area contributed by atoms with Gasteiger partial charge in [0.1, 0.15) is 35.4 Å². The number of nitrogens with one attached hydrogen (secondary N) is 1. The normalized spacial score (nSPS) is 12.0. The van der Waals surface area contributed by atoms with Gasteiger partial charge in [0.15, 0.2) is 0 Å². The van der Waals surface area contributed by atoms with Crippen LogP contribution in [0.1, 0.15) is 44.2 Å². The van der Waals surface area contributed by atoms with Gasteiger partial charge in [0.2, 0.25) is 5.56 Å². The summed E-state index contributed by atoms with van der Waals surface area (Å²) in [6, 6.07) is 9.99. The quantitative estimate of drug-likeness (QED) is 0.466. The first-order valence-corrected chi connectivity index (χ1v) is 10.7. The number of rotatable bonds is 5. The number of nitrogens with zero attached hydrogens (tertiary/aromatic N) is 6. The van der Waals surface area contributed by atoms with Crippen LogP contribution in [-0.4, -0.2) is 24.1 Å². The lowest BCUT2D eigenvalue weighted by Gasteiger charge is -2.23. The predicted octanol–water partition coefficient (Wildman–Crippen LogP) is 2.76. The van der Waals surface area contributed by atoms with Crippen LogP contribution in [0.25, 0.3) is 22.0 Å². The van der Waals surface area contributed by atoms with Crippen LogP contribution >= 0.6 is 0 Å². The summed E-state index contributed by atoms with van der Waals surface area (Å²) in [4.78, 5) is 38.5. The number of nitriles is 1. The number of aryl methyl sites for hydroxylation is 1. The second-order valence-electron chi connectivity index (χ2n) is 8.27. The van der Waals surface area contributed by atoms with E-state index in [0.29, 0.717) is 22.3 Å². The van der Waals surface area contributed by atoms with E-state index < -0.39 is 6.04 Å². The van der Waals surface area contributed by atoms with E-state index in [0.717, 1.165) is 5.56 Å². The average molecular weight is 457 g/mol. The molecule has 0 spiro atoms. The minimum absolute atomic E-state index is 0.0711. The fourth-order valence-electron chi connectivity index (χ4n) is 3.95. The summed E-state index contributed by atoms with van der Waals surface area (Å²) in [5, 5.41) is 13.1. The van der Waals surface area contributed by atoms with Gasteiger partial charge in [-0.1, -0.05) is 12.1 Å². The highest BCUT2D eigenvalue weighted by Crippen LogP contribution is 2.28. The van der Waals surface area contributed by atoms with E-state index in [9.17, 15) is 14.9 Å². The molecule has 1 aromatic carbocycles. The Balaban J connectivity index is 1.91. The molecule has 4 aromatic rings. The summed E-state index contributed by atoms with van der Waals surface area (Å²) in [5.74, 6) is 0.833. The van der Waals surface area contributed by atoms with Crippen molar-refractivity contribution in [1.29, 1.82) is 5.26 Å².